The number of hydrogen-bond donors (Lipinski definition) is 2. The second-order valence-corrected chi connectivity index (χ2v) is 10.7. The lowest BCUT2D eigenvalue weighted by atomic mass is 10.1. The lowest BCUT2D eigenvalue weighted by molar-refractivity contribution is -0.117. The molecular weight excluding hydrogens is 502 g/mol. The molecular formula is C27H31N7O3S. The summed E-state index contributed by atoms with van der Waals surface area (Å²) in [6.07, 6.45) is 9.25. The van der Waals surface area contributed by atoms with E-state index in [2.05, 4.69) is 44.4 Å². The summed E-state index contributed by atoms with van der Waals surface area (Å²) in [6.45, 7) is 7.17. The van der Waals surface area contributed by atoms with Crippen molar-refractivity contribution in [2.75, 3.05) is 24.3 Å². The SMILES string of the molecule is COc1ncccc1-c1cn2ncc(C(=O)Nc3cc(NC(=O)C[C@@H]4CCCN4C(C)C)cnc3C)c2s1. The number of ether oxygens (including phenoxy) is 1. The zero-order valence-corrected chi connectivity index (χ0v) is 22.7. The first kappa shape index (κ1) is 25.8. The normalized spacial score (nSPS) is 15.8. The van der Waals surface area contributed by atoms with E-state index in [1.165, 1.54) is 11.3 Å². The molecule has 1 aliphatic rings. The van der Waals surface area contributed by atoms with E-state index in [1.807, 2.05) is 25.3 Å². The molecule has 10 nitrogen and oxygen atoms in total. The number of likely N-dealkylation sites (tertiary alicyclic amines) is 1. The summed E-state index contributed by atoms with van der Waals surface area (Å²) in [7, 11) is 1.57. The molecule has 1 saturated heterocycles. The van der Waals surface area contributed by atoms with Gasteiger partial charge in [0.2, 0.25) is 11.8 Å². The van der Waals surface area contributed by atoms with Gasteiger partial charge in [0.1, 0.15) is 4.83 Å². The van der Waals surface area contributed by atoms with Crippen LogP contribution in [0.4, 0.5) is 11.4 Å². The molecule has 1 atom stereocenters. The summed E-state index contributed by atoms with van der Waals surface area (Å²) in [5, 5.41) is 10.3. The Morgan fingerprint density at radius 1 is 1.24 bits per heavy atom. The number of pyridine rings is 2. The van der Waals surface area contributed by atoms with Gasteiger partial charge in [-0.25, -0.2) is 9.50 Å². The number of carbonyl (C=O) groups is 2. The molecule has 2 amide bonds. The predicted molar refractivity (Wildman–Crippen MR) is 148 cm³/mol. The zero-order valence-electron chi connectivity index (χ0n) is 21.9. The minimum atomic E-state index is -0.307. The fraction of sp³-hybridized carbons (Fsp3) is 0.370. The molecule has 0 aromatic carbocycles. The highest BCUT2D eigenvalue weighted by Gasteiger charge is 2.28. The second-order valence-electron chi connectivity index (χ2n) is 9.65. The van der Waals surface area contributed by atoms with Crippen molar-refractivity contribution in [1.82, 2.24) is 24.5 Å². The van der Waals surface area contributed by atoms with Crippen LogP contribution in [0.5, 0.6) is 5.88 Å². The van der Waals surface area contributed by atoms with Gasteiger partial charge < -0.3 is 15.4 Å². The lowest BCUT2D eigenvalue weighted by Crippen LogP contribution is -2.37. The van der Waals surface area contributed by atoms with Gasteiger partial charge in [0.25, 0.3) is 5.91 Å². The quantitative estimate of drug-likeness (QED) is 0.340. The van der Waals surface area contributed by atoms with E-state index in [-0.39, 0.29) is 17.9 Å². The van der Waals surface area contributed by atoms with Gasteiger partial charge in [-0.1, -0.05) is 0 Å². The summed E-state index contributed by atoms with van der Waals surface area (Å²) in [5.41, 5.74) is 2.99. The minimum Gasteiger partial charge on any atom is -0.481 e. The predicted octanol–water partition coefficient (Wildman–Crippen LogP) is 4.62. The Morgan fingerprint density at radius 2 is 2.08 bits per heavy atom. The van der Waals surface area contributed by atoms with Gasteiger partial charge in [0.15, 0.2) is 0 Å². The Bertz CT molecular complexity index is 1480. The largest absolute Gasteiger partial charge is 0.481 e. The number of nitrogens with one attached hydrogen (secondary N) is 2. The molecule has 0 spiro atoms. The Hall–Kier alpha value is -3.83. The second kappa shape index (κ2) is 10.9. The fourth-order valence-electron chi connectivity index (χ4n) is 4.91. The Morgan fingerprint density at radius 3 is 2.87 bits per heavy atom. The minimum absolute atomic E-state index is 0.0548. The van der Waals surface area contributed by atoms with E-state index in [9.17, 15) is 9.59 Å². The van der Waals surface area contributed by atoms with Crippen LogP contribution >= 0.6 is 11.3 Å². The molecule has 0 bridgehead atoms. The topological polar surface area (TPSA) is 114 Å². The van der Waals surface area contributed by atoms with Gasteiger partial charge in [-0.3, -0.25) is 19.5 Å². The molecule has 5 heterocycles. The van der Waals surface area contributed by atoms with E-state index in [0.29, 0.717) is 45.8 Å². The van der Waals surface area contributed by atoms with Crippen LogP contribution in [0.1, 0.15) is 49.2 Å². The van der Waals surface area contributed by atoms with Crippen molar-refractivity contribution in [2.24, 2.45) is 0 Å². The van der Waals surface area contributed by atoms with Crippen LogP contribution in [0, 0.1) is 6.92 Å². The van der Waals surface area contributed by atoms with Gasteiger partial charge >= 0.3 is 0 Å². The van der Waals surface area contributed by atoms with Crippen LogP contribution < -0.4 is 15.4 Å². The highest BCUT2D eigenvalue weighted by Crippen LogP contribution is 2.35. The molecule has 0 radical (unpaired) electrons. The average Bonchev–Trinajstić information content (AvgIpc) is 3.62. The molecule has 0 unspecified atom stereocenters. The summed E-state index contributed by atoms with van der Waals surface area (Å²) < 4.78 is 7.05. The molecule has 0 saturated carbocycles. The summed E-state index contributed by atoms with van der Waals surface area (Å²) in [4.78, 5) is 38.6. The van der Waals surface area contributed by atoms with Gasteiger partial charge in [0.05, 0.1) is 52.6 Å². The molecule has 11 heteroatoms. The lowest BCUT2D eigenvalue weighted by Gasteiger charge is -2.27. The van der Waals surface area contributed by atoms with Gasteiger partial charge in [-0.05, 0) is 58.4 Å². The number of amides is 2. The zero-order chi connectivity index (χ0) is 26.8. The van der Waals surface area contributed by atoms with Crippen LogP contribution in [0.25, 0.3) is 15.3 Å². The number of rotatable bonds is 8. The number of aromatic nitrogens is 4. The maximum absolute atomic E-state index is 13.3. The van der Waals surface area contributed by atoms with E-state index < -0.39 is 0 Å². The van der Waals surface area contributed by atoms with E-state index >= 15 is 0 Å². The first-order valence-electron chi connectivity index (χ1n) is 12.6. The molecule has 0 aliphatic carbocycles. The molecule has 4 aromatic rings. The smallest absolute Gasteiger partial charge is 0.260 e. The van der Waals surface area contributed by atoms with Crippen molar-refractivity contribution in [3.63, 3.8) is 0 Å². The number of aryl methyl sites for hydroxylation is 1. The molecule has 2 N–H and O–H groups in total. The van der Waals surface area contributed by atoms with Crippen LogP contribution in [0.2, 0.25) is 0 Å². The molecule has 198 valence electrons. The summed E-state index contributed by atoms with van der Waals surface area (Å²) >= 11 is 1.43. The van der Waals surface area contributed by atoms with Crippen molar-refractivity contribution in [2.45, 2.75) is 52.1 Å². The third-order valence-corrected chi connectivity index (χ3v) is 7.94. The van der Waals surface area contributed by atoms with Crippen molar-refractivity contribution in [3.05, 3.63) is 54.2 Å². The molecule has 1 fully saturated rings. The summed E-state index contributed by atoms with van der Waals surface area (Å²) in [6, 6.07) is 6.16. The molecule has 4 aromatic heterocycles. The van der Waals surface area contributed by atoms with E-state index in [1.54, 1.807) is 36.3 Å². The highest BCUT2D eigenvalue weighted by molar-refractivity contribution is 7.21. The van der Waals surface area contributed by atoms with Crippen molar-refractivity contribution in [1.29, 1.82) is 0 Å². The van der Waals surface area contributed by atoms with Crippen LogP contribution in [-0.2, 0) is 4.79 Å². The maximum atomic E-state index is 13.3. The molecule has 1 aliphatic heterocycles. The average molecular weight is 534 g/mol. The number of nitrogens with zero attached hydrogens (tertiary/aromatic N) is 5. The number of hydrogen-bond acceptors (Lipinski definition) is 8. The van der Waals surface area contributed by atoms with Crippen molar-refractivity contribution >= 4 is 39.4 Å². The number of anilines is 2. The van der Waals surface area contributed by atoms with Crippen LogP contribution in [0.15, 0.2) is 43.0 Å². The van der Waals surface area contributed by atoms with E-state index in [0.717, 1.165) is 29.8 Å². The molecule has 5 rings (SSSR count). The number of methoxy groups -OCH3 is 1. The van der Waals surface area contributed by atoms with Crippen molar-refractivity contribution < 1.29 is 14.3 Å². The third-order valence-electron chi connectivity index (χ3n) is 6.80. The number of carbonyl (C=O) groups excluding carboxylic acids is 2. The fourth-order valence-corrected chi connectivity index (χ4v) is 5.98. The van der Waals surface area contributed by atoms with Crippen molar-refractivity contribution in [3.8, 4) is 16.3 Å². The number of thiazole rings is 1. The maximum Gasteiger partial charge on any atom is 0.260 e. The first-order valence-corrected chi connectivity index (χ1v) is 13.5. The van der Waals surface area contributed by atoms with Gasteiger partial charge in [-0.15, -0.1) is 11.3 Å². The molecule has 38 heavy (non-hydrogen) atoms. The Labute approximate surface area is 225 Å². The first-order chi connectivity index (χ1) is 18.3. The Kier molecular flexibility index (Phi) is 7.39. The van der Waals surface area contributed by atoms with E-state index in [4.69, 9.17) is 4.74 Å². The Balaban J connectivity index is 1.31. The monoisotopic (exact) mass is 533 g/mol. The highest BCUT2D eigenvalue weighted by atomic mass is 32.1. The van der Waals surface area contributed by atoms with Gasteiger partial charge in [-0.2, -0.15) is 5.10 Å². The number of fused-ring (bicyclic) bond motifs is 1. The van der Waals surface area contributed by atoms with Gasteiger partial charge in [0, 0.05) is 30.9 Å². The third kappa shape index (κ3) is 5.25. The summed E-state index contributed by atoms with van der Waals surface area (Å²) in [5.74, 6) is 0.146. The van der Waals surface area contributed by atoms with Crippen LogP contribution in [-0.4, -0.2) is 62.0 Å². The standard InChI is InChI=1S/C27H31N7O3S/c1-16(2)33-10-6-7-19(33)12-24(35)31-18-11-22(17(3)29-13-18)32-25(36)21-14-30-34-15-23(38-27(21)34)20-8-5-9-28-26(20)37-4/h5,8-9,11,13-16,19H,6-7,10,12H2,1-4H3,(H,31,35)(H,32,36)/t19-/m0/s1. The van der Waals surface area contributed by atoms with Crippen LogP contribution in [0.3, 0.4) is 0 Å².